The molecule has 0 aliphatic heterocycles. The highest BCUT2D eigenvalue weighted by Gasteiger charge is 2.25. The van der Waals surface area contributed by atoms with Crippen LogP contribution >= 0.6 is 11.3 Å². The Morgan fingerprint density at radius 1 is 1.19 bits per heavy atom. The molecule has 6 nitrogen and oxygen atoms in total. The number of nitrogens with zero attached hydrogens (tertiary/aromatic N) is 1. The highest BCUT2D eigenvalue weighted by atomic mass is 32.2. The lowest BCUT2D eigenvalue weighted by Gasteiger charge is -2.21. The van der Waals surface area contributed by atoms with Gasteiger partial charge in [0.05, 0.1) is 17.4 Å². The van der Waals surface area contributed by atoms with E-state index in [1.807, 2.05) is 17.5 Å². The van der Waals surface area contributed by atoms with E-state index >= 15 is 0 Å². The van der Waals surface area contributed by atoms with Crippen molar-refractivity contribution in [3.8, 4) is 0 Å². The molecule has 0 saturated heterocycles. The molecule has 0 aliphatic rings. The number of furan rings is 1. The van der Waals surface area contributed by atoms with Crippen LogP contribution in [-0.4, -0.2) is 25.2 Å². The number of thiophene rings is 1. The van der Waals surface area contributed by atoms with E-state index in [4.69, 9.17) is 4.42 Å². The molecular weight excluding hydrogens is 384 g/mol. The van der Waals surface area contributed by atoms with Crippen molar-refractivity contribution >= 4 is 33.0 Å². The van der Waals surface area contributed by atoms with E-state index in [9.17, 15) is 13.2 Å². The zero-order valence-electron chi connectivity index (χ0n) is 14.8. The summed E-state index contributed by atoms with van der Waals surface area (Å²) in [5, 5.41) is 4.61. The summed E-state index contributed by atoms with van der Waals surface area (Å²) in [7, 11) is -3.69. The van der Waals surface area contributed by atoms with Crippen molar-refractivity contribution in [1.29, 1.82) is 0 Å². The Kier molecular flexibility index (Phi) is 6.10. The Morgan fingerprint density at radius 2 is 1.96 bits per heavy atom. The first-order chi connectivity index (χ1) is 12.9. The van der Waals surface area contributed by atoms with Gasteiger partial charge in [0.25, 0.3) is 0 Å². The molecule has 2 aromatic heterocycles. The number of carbonyl (C=O) groups is 1. The first-order valence-corrected chi connectivity index (χ1v) is 10.7. The highest BCUT2D eigenvalue weighted by Crippen LogP contribution is 2.22. The predicted molar refractivity (Wildman–Crippen MR) is 105 cm³/mol. The summed E-state index contributed by atoms with van der Waals surface area (Å²) in [6, 6.07) is 11.9. The van der Waals surface area contributed by atoms with Gasteiger partial charge in [-0.15, -0.1) is 11.3 Å². The van der Waals surface area contributed by atoms with Gasteiger partial charge in [0.2, 0.25) is 15.9 Å². The molecular formula is C19H20N2O4S2. The maximum atomic E-state index is 13.2. The highest BCUT2D eigenvalue weighted by molar-refractivity contribution is 7.89. The topological polar surface area (TPSA) is 79.6 Å². The van der Waals surface area contributed by atoms with Crippen molar-refractivity contribution in [2.45, 2.75) is 24.8 Å². The molecule has 27 heavy (non-hydrogen) atoms. The van der Waals surface area contributed by atoms with Crippen LogP contribution in [0.4, 0.5) is 5.69 Å². The third-order valence-electron chi connectivity index (χ3n) is 3.94. The number of amides is 1. The molecule has 0 fully saturated rings. The third kappa shape index (κ3) is 5.06. The van der Waals surface area contributed by atoms with Crippen LogP contribution in [-0.2, 0) is 27.8 Å². The first-order valence-electron chi connectivity index (χ1n) is 8.36. The molecule has 8 heteroatoms. The van der Waals surface area contributed by atoms with Gasteiger partial charge in [-0.05, 0) is 48.2 Å². The van der Waals surface area contributed by atoms with Crippen LogP contribution in [0.2, 0.25) is 0 Å². The number of benzene rings is 1. The molecule has 1 amide bonds. The quantitative estimate of drug-likeness (QED) is 0.620. The maximum Gasteiger partial charge on any atom is 0.243 e. The lowest BCUT2D eigenvalue weighted by atomic mass is 10.3. The minimum Gasteiger partial charge on any atom is -0.472 e. The van der Waals surface area contributed by atoms with Gasteiger partial charge in [-0.2, -0.15) is 4.31 Å². The van der Waals surface area contributed by atoms with Gasteiger partial charge in [-0.1, -0.05) is 6.07 Å². The Bertz CT molecular complexity index is 963. The number of anilines is 1. The third-order valence-corrected chi connectivity index (χ3v) is 6.73. The summed E-state index contributed by atoms with van der Waals surface area (Å²) in [4.78, 5) is 12.4. The molecule has 142 valence electrons. The van der Waals surface area contributed by atoms with Gasteiger partial charge in [0, 0.05) is 36.1 Å². The fourth-order valence-electron chi connectivity index (χ4n) is 2.62. The van der Waals surface area contributed by atoms with Crippen LogP contribution in [0.3, 0.4) is 0 Å². The van der Waals surface area contributed by atoms with Crippen LogP contribution < -0.4 is 5.32 Å². The molecule has 3 rings (SSSR count). The molecule has 0 radical (unpaired) electrons. The van der Waals surface area contributed by atoms with Crippen molar-refractivity contribution in [3.05, 3.63) is 70.8 Å². The standard InChI is InChI=1S/C19H20N2O4S2/c1-15(22)20-17-4-6-19(7-5-17)27(23,24)21(13-16-9-11-25-14-16)10-8-18-3-2-12-26-18/h2-7,9,11-12,14H,8,10,13H2,1H3,(H,20,22). The molecule has 0 spiro atoms. The van der Waals surface area contributed by atoms with Crippen LogP contribution in [0.1, 0.15) is 17.4 Å². The van der Waals surface area contributed by atoms with Crippen molar-refractivity contribution < 1.29 is 17.6 Å². The van der Waals surface area contributed by atoms with E-state index in [-0.39, 0.29) is 17.3 Å². The summed E-state index contributed by atoms with van der Waals surface area (Å²) in [5.74, 6) is -0.205. The summed E-state index contributed by atoms with van der Waals surface area (Å²) < 4.78 is 32.9. The Hall–Kier alpha value is -2.42. The second-order valence-corrected chi connectivity index (χ2v) is 8.98. The minimum absolute atomic E-state index is 0.186. The Labute approximate surface area is 162 Å². The predicted octanol–water partition coefficient (Wildman–Crippen LogP) is 3.73. The normalized spacial score (nSPS) is 11.6. The zero-order chi connectivity index (χ0) is 19.3. The number of hydrogen-bond donors (Lipinski definition) is 1. The van der Waals surface area contributed by atoms with Crippen LogP contribution in [0.5, 0.6) is 0 Å². The SMILES string of the molecule is CC(=O)Nc1ccc(S(=O)(=O)N(CCc2cccs2)Cc2ccoc2)cc1. The van der Waals surface area contributed by atoms with Gasteiger partial charge in [-0.3, -0.25) is 4.79 Å². The smallest absolute Gasteiger partial charge is 0.243 e. The minimum atomic E-state index is -3.69. The van der Waals surface area contributed by atoms with Gasteiger partial charge in [0.1, 0.15) is 0 Å². The zero-order valence-corrected chi connectivity index (χ0v) is 16.4. The lowest BCUT2D eigenvalue weighted by molar-refractivity contribution is -0.114. The van der Waals surface area contributed by atoms with Crippen molar-refractivity contribution in [2.24, 2.45) is 0 Å². The summed E-state index contributed by atoms with van der Waals surface area (Å²) in [5.41, 5.74) is 1.35. The molecule has 1 N–H and O–H groups in total. The second kappa shape index (κ2) is 8.51. The molecule has 2 heterocycles. The molecule has 1 aromatic carbocycles. The van der Waals surface area contributed by atoms with Gasteiger partial charge in [-0.25, -0.2) is 8.42 Å². The van der Waals surface area contributed by atoms with E-state index in [1.165, 1.54) is 29.6 Å². The summed E-state index contributed by atoms with van der Waals surface area (Å²) >= 11 is 1.61. The molecule has 3 aromatic rings. The number of sulfonamides is 1. The number of hydrogen-bond acceptors (Lipinski definition) is 5. The number of rotatable bonds is 8. The fraction of sp³-hybridized carbons (Fsp3) is 0.211. The Balaban J connectivity index is 1.82. The second-order valence-electron chi connectivity index (χ2n) is 6.01. The lowest BCUT2D eigenvalue weighted by Crippen LogP contribution is -2.32. The van der Waals surface area contributed by atoms with Gasteiger partial charge in [0.15, 0.2) is 0 Å². The van der Waals surface area contributed by atoms with Gasteiger partial charge < -0.3 is 9.73 Å². The monoisotopic (exact) mass is 404 g/mol. The molecule has 0 bridgehead atoms. The van der Waals surface area contributed by atoms with E-state index in [2.05, 4.69) is 5.32 Å². The van der Waals surface area contributed by atoms with E-state index in [1.54, 1.807) is 35.8 Å². The average molecular weight is 405 g/mol. The van der Waals surface area contributed by atoms with E-state index in [0.717, 1.165) is 10.4 Å². The average Bonchev–Trinajstić information content (AvgIpc) is 3.32. The van der Waals surface area contributed by atoms with Crippen molar-refractivity contribution in [1.82, 2.24) is 4.31 Å². The summed E-state index contributed by atoms with van der Waals surface area (Å²) in [6.07, 6.45) is 3.72. The first kappa shape index (κ1) is 19.3. The molecule has 0 atom stereocenters. The van der Waals surface area contributed by atoms with E-state index < -0.39 is 10.0 Å². The van der Waals surface area contributed by atoms with Crippen LogP contribution in [0.15, 0.2) is 69.7 Å². The number of carbonyl (C=O) groups excluding carboxylic acids is 1. The molecule has 0 saturated carbocycles. The Morgan fingerprint density at radius 3 is 2.56 bits per heavy atom. The maximum absolute atomic E-state index is 13.2. The molecule has 0 unspecified atom stereocenters. The van der Waals surface area contributed by atoms with Crippen LogP contribution in [0.25, 0.3) is 0 Å². The van der Waals surface area contributed by atoms with Crippen molar-refractivity contribution in [3.63, 3.8) is 0 Å². The summed E-state index contributed by atoms with van der Waals surface area (Å²) in [6.45, 7) is 2.00. The van der Waals surface area contributed by atoms with E-state index in [0.29, 0.717) is 18.7 Å². The van der Waals surface area contributed by atoms with Crippen LogP contribution in [0, 0.1) is 0 Å². The molecule has 0 aliphatic carbocycles. The van der Waals surface area contributed by atoms with Gasteiger partial charge >= 0.3 is 0 Å². The fourth-order valence-corrected chi connectivity index (χ4v) is 4.75. The van der Waals surface area contributed by atoms with Crippen molar-refractivity contribution in [2.75, 3.05) is 11.9 Å². The largest absolute Gasteiger partial charge is 0.472 e. The number of nitrogens with one attached hydrogen (secondary N) is 1.